The SMILES string of the molecule is CCCCCc1nnc(NC(=O)c2c(C)nn(-c3ccccc3)c2C)s1. The van der Waals surface area contributed by atoms with Gasteiger partial charge in [0.15, 0.2) is 0 Å². The molecule has 136 valence electrons. The molecule has 6 nitrogen and oxygen atoms in total. The van der Waals surface area contributed by atoms with Gasteiger partial charge < -0.3 is 0 Å². The molecule has 1 aromatic carbocycles. The highest BCUT2D eigenvalue weighted by Gasteiger charge is 2.20. The van der Waals surface area contributed by atoms with E-state index >= 15 is 0 Å². The van der Waals surface area contributed by atoms with Crippen LogP contribution in [0.15, 0.2) is 30.3 Å². The predicted molar refractivity (Wildman–Crippen MR) is 104 cm³/mol. The average Bonchev–Trinajstić information content (AvgIpc) is 3.19. The van der Waals surface area contributed by atoms with Crippen molar-refractivity contribution in [3.63, 3.8) is 0 Å². The van der Waals surface area contributed by atoms with Crippen LogP contribution in [0.4, 0.5) is 5.13 Å². The standard InChI is InChI=1S/C19H23N5OS/c1-4-5-7-12-16-21-22-19(26-16)20-18(25)17-13(2)23-24(14(17)3)15-10-8-6-9-11-15/h6,8-11H,4-5,7,12H2,1-3H3,(H,20,22,25). The third kappa shape index (κ3) is 3.99. The molecule has 0 atom stereocenters. The minimum atomic E-state index is -0.196. The number of nitrogens with zero attached hydrogens (tertiary/aromatic N) is 4. The summed E-state index contributed by atoms with van der Waals surface area (Å²) in [5.41, 5.74) is 3.01. The number of para-hydroxylation sites is 1. The number of hydrogen-bond donors (Lipinski definition) is 1. The summed E-state index contributed by atoms with van der Waals surface area (Å²) in [7, 11) is 0. The maximum absolute atomic E-state index is 12.7. The van der Waals surface area contributed by atoms with E-state index in [1.54, 1.807) is 4.68 Å². The summed E-state index contributed by atoms with van der Waals surface area (Å²) in [6.07, 6.45) is 4.36. The lowest BCUT2D eigenvalue weighted by molar-refractivity contribution is 0.102. The van der Waals surface area contributed by atoms with Gasteiger partial charge in [-0.15, -0.1) is 10.2 Å². The molecule has 0 saturated carbocycles. The summed E-state index contributed by atoms with van der Waals surface area (Å²) >= 11 is 1.44. The normalized spacial score (nSPS) is 10.9. The summed E-state index contributed by atoms with van der Waals surface area (Å²) in [4.78, 5) is 12.7. The van der Waals surface area contributed by atoms with E-state index in [1.807, 2.05) is 44.2 Å². The van der Waals surface area contributed by atoms with E-state index in [0.29, 0.717) is 16.4 Å². The molecule has 0 saturated heterocycles. The summed E-state index contributed by atoms with van der Waals surface area (Å²) < 4.78 is 1.79. The van der Waals surface area contributed by atoms with Crippen LogP contribution in [0, 0.1) is 13.8 Å². The van der Waals surface area contributed by atoms with Crippen LogP contribution in [0.5, 0.6) is 0 Å². The first-order valence-electron chi connectivity index (χ1n) is 8.85. The van der Waals surface area contributed by atoms with Gasteiger partial charge in [0.1, 0.15) is 5.01 Å². The number of hydrogen-bond acceptors (Lipinski definition) is 5. The van der Waals surface area contributed by atoms with Crippen molar-refractivity contribution in [3.8, 4) is 5.69 Å². The minimum absolute atomic E-state index is 0.196. The molecule has 0 unspecified atom stereocenters. The fraction of sp³-hybridized carbons (Fsp3) is 0.368. The van der Waals surface area contributed by atoms with Crippen molar-refractivity contribution in [1.29, 1.82) is 0 Å². The van der Waals surface area contributed by atoms with Crippen molar-refractivity contribution in [2.24, 2.45) is 0 Å². The van der Waals surface area contributed by atoms with Gasteiger partial charge in [0.25, 0.3) is 5.91 Å². The molecule has 1 N–H and O–H groups in total. The highest BCUT2D eigenvalue weighted by molar-refractivity contribution is 7.15. The number of carbonyl (C=O) groups is 1. The Morgan fingerprint density at radius 3 is 2.65 bits per heavy atom. The second kappa shape index (κ2) is 8.23. The molecular weight excluding hydrogens is 346 g/mol. The van der Waals surface area contributed by atoms with Crippen LogP contribution in [0.25, 0.3) is 5.69 Å². The van der Waals surface area contributed by atoms with Gasteiger partial charge >= 0.3 is 0 Å². The van der Waals surface area contributed by atoms with E-state index < -0.39 is 0 Å². The molecule has 26 heavy (non-hydrogen) atoms. The molecule has 7 heteroatoms. The van der Waals surface area contributed by atoms with E-state index in [2.05, 4.69) is 27.5 Å². The fourth-order valence-electron chi connectivity index (χ4n) is 2.88. The van der Waals surface area contributed by atoms with Gasteiger partial charge in [0, 0.05) is 6.42 Å². The van der Waals surface area contributed by atoms with Crippen LogP contribution < -0.4 is 5.32 Å². The Morgan fingerprint density at radius 2 is 1.92 bits per heavy atom. The monoisotopic (exact) mass is 369 g/mol. The smallest absolute Gasteiger partial charge is 0.261 e. The molecule has 3 rings (SSSR count). The van der Waals surface area contributed by atoms with Crippen molar-refractivity contribution in [2.75, 3.05) is 5.32 Å². The molecular formula is C19H23N5OS. The maximum atomic E-state index is 12.7. The number of unbranched alkanes of at least 4 members (excludes halogenated alkanes) is 2. The number of aromatic nitrogens is 4. The van der Waals surface area contributed by atoms with Gasteiger partial charge in [-0.2, -0.15) is 5.10 Å². The van der Waals surface area contributed by atoms with E-state index in [1.165, 1.54) is 24.2 Å². The number of amides is 1. The molecule has 0 spiro atoms. The molecule has 2 aromatic heterocycles. The Labute approximate surface area is 157 Å². The first kappa shape index (κ1) is 18.3. The lowest BCUT2D eigenvalue weighted by atomic mass is 10.2. The van der Waals surface area contributed by atoms with Crippen LogP contribution >= 0.6 is 11.3 Å². The van der Waals surface area contributed by atoms with Crippen LogP contribution in [0.1, 0.15) is 52.9 Å². The Balaban J connectivity index is 1.75. The summed E-state index contributed by atoms with van der Waals surface area (Å²) in [6.45, 7) is 5.92. The predicted octanol–water partition coefficient (Wildman–Crippen LogP) is 4.33. The molecule has 2 heterocycles. The molecule has 0 aliphatic heterocycles. The Morgan fingerprint density at radius 1 is 1.15 bits per heavy atom. The fourth-order valence-corrected chi connectivity index (χ4v) is 3.66. The number of anilines is 1. The lowest BCUT2D eigenvalue weighted by Gasteiger charge is -2.05. The lowest BCUT2D eigenvalue weighted by Crippen LogP contribution is -2.14. The van der Waals surface area contributed by atoms with E-state index in [0.717, 1.165) is 29.2 Å². The van der Waals surface area contributed by atoms with Gasteiger partial charge in [-0.3, -0.25) is 10.1 Å². The first-order chi connectivity index (χ1) is 12.6. The Bertz CT molecular complexity index is 885. The molecule has 0 aliphatic carbocycles. The Hall–Kier alpha value is -2.54. The van der Waals surface area contributed by atoms with Crippen LogP contribution in [0.2, 0.25) is 0 Å². The van der Waals surface area contributed by atoms with Gasteiger partial charge in [0.2, 0.25) is 5.13 Å². The zero-order valence-corrected chi connectivity index (χ0v) is 16.1. The highest BCUT2D eigenvalue weighted by atomic mass is 32.1. The van der Waals surface area contributed by atoms with Crippen molar-refractivity contribution in [1.82, 2.24) is 20.0 Å². The van der Waals surface area contributed by atoms with Crippen molar-refractivity contribution in [2.45, 2.75) is 46.5 Å². The highest BCUT2D eigenvalue weighted by Crippen LogP contribution is 2.22. The minimum Gasteiger partial charge on any atom is -0.296 e. The molecule has 0 bridgehead atoms. The number of benzene rings is 1. The molecule has 0 aliphatic rings. The van der Waals surface area contributed by atoms with Gasteiger partial charge in [-0.1, -0.05) is 49.3 Å². The molecule has 3 aromatic rings. The van der Waals surface area contributed by atoms with E-state index in [9.17, 15) is 4.79 Å². The second-order valence-corrected chi connectivity index (χ2v) is 7.27. The van der Waals surface area contributed by atoms with Crippen LogP contribution in [-0.4, -0.2) is 25.9 Å². The average molecular weight is 369 g/mol. The quantitative estimate of drug-likeness (QED) is 0.629. The van der Waals surface area contributed by atoms with Crippen molar-refractivity contribution >= 4 is 22.4 Å². The summed E-state index contributed by atoms with van der Waals surface area (Å²) in [5, 5.41) is 17.1. The first-order valence-corrected chi connectivity index (χ1v) is 9.67. The third-order valence-corrected chi connectivity index (χ3v) is 5.10. The molecule has 1 amide bonds. The van der Waals surface area contributed by atoms with Gasteiger partial charge in [-0.25, -0.2) is 4.68 Å². The van der Waals surface area contributed by atoms with Crippen LogP contribution in [0.3, 0.4) is 0 Å². The van der Waals surface area contributed by atoms with Crippen molar-refractivity contribution < 1.29 is 4.79 Å². The largest absolute Gasteiger partial charge is 0.296 e. The number of rotatable bonds is 7. The topological polar surface area (TPSA) is 72.7 Å². The number of carbonyl (C=O) groups excluding carboxylic acids is 1. The van der Waals surface area contributed by atoms with E-state index in [4.69, 9.17) is 0 Å². The summed E-state index contributed by atoms with van der Waals surface area (Å²) in [5.74, 6) is -0.196. The van der Waals surface area contributed by atoms with Crippen molar-refractivity contribution in [3.05, 3.63) is 52.3 Å². The summed E-state index contributed by atoms with van der Waals surface area (Å²) in [6, 6.07) is 9.79. The molecule has 0 fully saturated rings. The second-order valence-electron chi connectivity index (χ2n) is 6.21. The molecule has 0 radical (unpaired) electrons. The Kier molecular flexibility index (Phi) is 5.78. The van der Waals surface area contributed by atoms with Crippen LogP contribution in [-0.2, 0) is 6.42 Å². The zero-order chi connectivity index (χ0) is 18.5. The number of nitrogens with one attached hydrogen (secondary N) is 1. The van der Waals surface area contributed by atoms with Gasteiger partial charge in [-0.05, 0) is 32.4 Å². The number of aryl methyl sites for hydroxylation is 2. The third-order valence-electron chi connectivity index (χ3n) is 4.20. The maximum Gasteiger partial charge on any atom is 0.261 e. The zero-order valence-electron chi connectivity index (χ0n) is 15.3. The van der Waals surface area contributed by atoms with Gasteiger partial charge in [0.05, 0.1) is 22.6 Å². The van der Waals surface area contributed by atoms with E-state index in [-0.39, 0.29) is 5.91 Å².